The average molecular weight is 302 g/mol. The lowest BCUT2D eigenvalue weighted by molar-refractivity contribution is -0.185. The van der Waals surface area contributed by atoms with Gasteiger partial charge in [0.1, 0.15) is 0 Å². The highest BCUT2D eigenvalue weighted by atomic mass is 19.4. The highest BCUT2D eigenvalue weighted by Gasteiger charge is 2.41. The van der Waals surface area contributed by atoms with E-state index in [1.54, 1.807) is 12.1 Å². The van der Waals surface area contributed by atoms with E-state index in [-0.39, 0.29) is 18.5 Å². The predicted molar refractivity (Wildman–Crippen MR) is 69.6 cm³/mol. The van der Waals surface area contributed by atoms with Gasteiger partial charge in [-0.2, -0.15) is 13.2 Å². The summed E-state index contributed by atoms with van der Waals surface area (Å²) in [5.41, 5.74) is 0.896. The molecule has 0 unspecified atom stereocenters. The molecule has 1 aromatic rings. The van der Waals surface area contributed by atoms with Crippen LogP contribution in [0.25, 0.3) is 0 Å². The zero-order valence-corrected chi connectivity index (χ0v) is 11.7. The normalized spacial score (nSPS) is 17.7. The molecule has 1 aromatic heterocycles. The summed E-state index contributed by atoms with van der Waals surface area (Å²) >= 11 is 0. The lowest BCUT2D eigenvalue weighted by Crippen LogP contribution is -2.38. The molecule has 0 spiro atoms. The summed E-state index contributed by atoms with van der Waals surface area (Å²) in [6, 6.07) is 3.44. The number of methoxy groups -OCH3 is 1. The first-order chi connectivity index (χ1) is 9.91. The number of hydrogen-bond donors (Lipinski definition) is 0. The number of esters is 1. The first kappa shape index (κ1) is 15.8. The van der Waals surface area contributed by atoms with Crippen molar-refractivity contribution in [3.8, 4) is 0 Å². The molecule has 1 saturated heterocycles. The van der Waals surface area contributed by atoms with E-state index in [1.807, 2.05) is 4.90 Å². The molecular weight excluding hydrogens is 285 g/mol. The van der Waals surface area contributed by atoms with Crippen LogP contribution < -0.4 is 0 Å². The molecule has 0 saturated carbocycles. The quantitative estimate of drug-likeness (QED) is 0.805. The smallest absolute Gasteiger partial charge is 0.391 e. The molecular formula is C14H17F3N2O2. The SMILES string of the molecule is COC(=O)c1ncccc1CN1CCC(C(F)(F)F)CC1. The van der Waals surface area contributed by atoms with Crippen molar-refractivity contribution in [3.63, 3.8) is 0 Å². The van der Waals surface area contributed by atoms with Crippen molar-refractivity contribution in [2.24, 2.45) is 5.92 Å². The van der Waals surface area contributed by atoms with Crippen LogP contribution in [0.2, 0.25) is 0 Å². The number of aromatic nitrogens is 1. The molecule has 7 heteroatoms. The second kappa shape index (κ2) is 6.43. The van der Waals surface area contributed by atoms with E-state index in [2.05, 4.69) is 9.72 Å². The van der Waals surface area contributed by atoms with Gasteiger partial charge in [-0.3, -0.25) is 4.90 Å². The molecule has 1 fully saturated rings. The minimum Gasteiger partial charge on any atom is -0.464 e. The predicted octanol–water partition coefficient (Wildman–Crippen LogP) is 2.64. The first-order valence-electron chi connectivity index (χ1n) is 6.73. The van der Waals surface area contributed by atoms with Crippen LogP contribution in [-0.4, -0.2) is 42.2 Å². The third kappa shape index (κ3) is 3.93. The third-order valence-electron chi connectivity index (χ3n) is 3.71. The monoisotopic (exact) mass is 302 g/mol. The van der Waals surface area contributed by atoms with Crippen LogP contribution in [0.5, 0.6) is 0 Å². The highest BCUT2D eigenvalue weighted by Crippen LogP contribution is 2.34. The van der Waals surface area contributed by atoms with E-state index in [0.29, 0.717) is 25.2 Å². The van der Waals surface area contributed by atoms with Gasteiger partial charge < -0.3 is 4.74 Å². The standard InChI is InChI=1S/C14H17F3N2O2/c1-21-13(20)12-10(3-2-6-18-12)9-19-7-4-11(5-8-19)14(15,16)17/h2-3,6,11H,4-5,7-9H2,1H3. The summed E-state index contributed by atoms with van der Waals surface area (Å²) in [4.78, 5) is 17.5. The fraction of sp³-hybridized carbons (Fsp3) is 0.571. The van der Waals surface area contributed by atoms with Crippen molar-refractivity contribution in [1.29, 1.82) is 0 Å². The Labute approximate surface area is 120 Å². The molecule has 0 aromatic carbocycles. The van der Waals surface area contributed by atoms with Gasteiger partial charge in [0.2, 0.25) is 0 Å². The maximum atomic E-state index is 12.6. The number of alkyl halides is 3. The van der Waals surface area contributed by atoms with Crippen LogP contribution in [0.1, 0.15) is 28.9 Å². The van der Waals surface area contributed by atoms with Gasteiger partial charge in [0.15, 0.2) is 5.69 Å². The van der Waals surface area contributed by atoms with Gasteiger partial charge in [-0.25, -0.2) is 9.78 Å². The largest absolute Gasteiger partial charge is 0.464 e. The Kier molecular flexibility index (Phi) is 4.82. The number of rotatable bonds is 3. The number of piperidine rings is 1. The Morgan fingerprint density at radius 1 is 1.43 bits per heavy atom. The number of carbonyl (C=O) groups is 1. The molecule has 1 aliphatic heterocycles. The molecule has 2 rings (SSSR count). The number of hydrogen-bond acceptors (Lipinski definition) is 4. The number of pyridine rings is 1. The van der Waals surface area contributed by atoms with Crippen LogP contribution in [0.15, 0.2) is 18.3 Å². The van der Waals surface area contributed by atoms with Crippen LogP contribution in [0, 0.1) is 5.92 Å². The summed E-state index contributed by atoms with van der Waals surface area (Å²) in [5.74, 6) is -1.75. The van der Waals surface area contributed by atoms with Gasteiger partial charge >= 0.3 is 12.1 Å². The summed E-state index contributed by atoms with van der Waals surface area (Å²) in [6.07, 6.45) is -2.43. The van der Waals surface area contributed by atoms with Crippen LogP contribution in [0.4, 0.5) is 13.2 Å². The third-order valence-corrected chi connectivity index (χ3v) is 3.71. The van der Waals surface area contributed by atoms with Gasteiger partial charge in [-0.05, 0) is 37.6 Å². The minimum absolute atomic E-state index is 0.0946. The van der Waals surface area contributed by atoms with E-state index in [1.165, 1.54) is 13.3 Å². The summed E-state index contributed by atoms with van der Waals surface area (Å²) in [6.45, 7) is 1.13. The molecule has 0 atom stereocenters. The highest BCUT2D eigenvalue weighted by molar-refractivity contribution is 5.88. The fourth-order valence-corrected chi connectivity index (χ4v) is 2.51. The van der Waals surface area contributed by atoms with E-state index in [4.69, 9.17) is 0 Å². The second-order valence-electron chi connectivity index (χ2n) is 5.09. The van der Waals surface area contributed by atoms with Crippen molar-refractivity contribution in [2.45, 2.75) is 25.6 Å². The zero-order chi connectivity index (χ0) is 15.5. The number of carbonyl (C=O) groups excluding carboxylic acids is 1. The van der Waals surface area contributed by atoms with Gasteiger partial charge in [0, 0.05) is 12.7 Å². The molecule has 4 nitrogen and oxygen atoms in total. The number of likely N-dealkylation sites (tertiary alicyclic amines) is 1. The molecule has 0 radical (unpaired) electrons. The number of halogens is 3. The van der Waals surface area contributed by atoms with Crippen LogP contribution in [-0.2, 0) is 11.3 Å². The molecule has 2 heterocycles. The zero-order valence-electron chi connectivity index (χ0n) is 11.7. The molecule has 0 aliphatic carbocycles. The minimum atomic E-state index is -4.11. The van der Waals surface area contributed by atoms with Gasteiger partial charge in [-0.15, -0.1) is 0 Å². The van der Waals surface area contributed by atoms with E-state index >= 15 is 0 Å². The van der Waals surface area contributed by atoms with Gasteiger partial charge in [0.25, 0.3) is 0 Å². The van der Waals surface area contributed by atoms with Crippen molar-refractivity contribution >= 4 is 5.97 Å². The van der Waals surface area contributed by atoms with Crippen LogP contribution >= 0.6 is 0 Å². The number of nitrogens with zero attached hydrogens (tertiary/aromatic N) is 2. The average Bonchev–Trinajstić information content (AvgIpc) is 2.46. The van der Waals surface area contributed by atoms with Gasteiger partial charge in [-0.1, -0.05) is 6.07 Å². The lowest BCUT2D eigenvalue weighted by atomic mass is 9.96. The maximum absolute atomic E-state index is 12.6. The molecule has 116 valence electrons. The van der Waals surface area contributed by atoms with E-state index in [0.717, 1.165) is 0 Å². The van der Waals surface area contributed by atoms with Crippen molar-refractivity contribution in [1.82, 2.24) is 9.88 Å². The summed E-state index contributed by atoms with van der Waals surface area (Å²) in [5, 5.41) is 0. The van der Waals surface area contributed by atoms with Crippen molar-refractivity contribution in [3.05, 3.63) is 29.6 Å². The van der Waals surface area contributed by atoms with Crippen LogP contribution in [0.3, 0.4) is 0 Å². The summed E-state index contributed by atoms with van der Waals surface area (Å²) < 4.78 is 42.5. The fourth-order valence-electron chi connectivity index (χ4n) is 2.51. The molecule has 0 bridgehead atoms. The van der Waals surface area contributed by atoms with E-state index < -0.39 is 18.1 Å². The van der Waals surface area contributed by atoms with Crippen molar-refractivity contribution in [2.75, 3.05) is 20.2 Å². The Hall–Kier alpha value is -1.63. The Bertz CT molecular complexity index is 497. The molecule has 0 N–H and O–H groups in total. The molecule has 0 amide bonds. The van der Waals surface area contributed by atoms with Crippen molar-refractivity contribution < 1.29 is 22.7 Å². The Morgan fingerprint density at radius 3 is 2.67 bits per heavy atom. The Balaban J connectivity index is 2.00. The summed E-state index contributed by atoms with van der Waals surface area (Å²) in [7, 11) is 1.27. The Morgan fingerprint density at radius 2 is 2.10 bits per heavy atom. The van der Waals surface area contributed by atoms with E-state index in [9.17, 15) is 18.0 Å². The first-order valence-corrected chi connectivity index (χ1v) is 6.73. The second-order valence-corrected chi connectivity index (χ2v) is 5.09. The molecule has 21 heavy (non-hydrogen) atoms. The lowest BCUT2D eigenvalue weighted by Gasteiger charge is -2.33. The number of ether oxygens (including phenoxy) is 1. The topological polar surface area (TPSA) is 42.4 Å². The van der Waals surface area contributed by atoms with Gasteiger partial charge in [0.05, 0.1) is 13.0 Å². The molecule has 1 aliphatic rings. The maximum Gasteiger partial charge on any atom is 0.391 e.